The molecule has 25 heavy (non-hydrogen) atoms. The van der Waals surface area contributed by atoms with Crippen LogP contribution in [-0.4, -0.2) is 29.9 Å². The van der Waals surface area contributed by atoms with Crippen LogP contribution in [0.5, 0.6) is 0 Å². The van der Waals surface area contributed by atoms with Crippen molar-refractivity contribution in [2.75, 3.05) is 18.4 Å². The maximum Gasteiger partial charge on any atom is 0.238 e. The molecule has 0 bridgehead atoms. The molecule has 2 saturated carbocycles. The largest absolute Gasteiger partial charge is 0.324 e. The van der Waals surface area contributed by atoms with E-state index in [1.165, 1.54) is 50.5 Å². The van der Waals surface area contributed by atoms with Crippen LogP contribution in [0.3, 0.4) is 0 Å². The smallest absolute Gasteiger partial charge is 0.238 e. The first-order valence-corrected chi connectivity index (χ1v) is 10.2. The zero-order valence-corrected chi connectivity index (χ0v) is 16.2. The van der Waals surface area contributed by atoms with Crippen molar-refractivity contribution in [1.29, 1.82) is 0 Å². The van der Waals surface area contributed by atoms with E-state index in [2.05, 4.69) is 49.2 Å². The highest BCUT2D eigenvalue weighted by Gasteiger charge is 2.32. The summed E-state index contributed by atoms with van der Waals surface area (Å²) >= 11 is 0. The molecule has 1 aromatic carbocycles. The SMILES string of the molecule is Cc1cccc(C(C)C)c1NC(=O)CN(CC1CCCCC1)C1CC1. The summed E-state index contributed by atoms with van der Waals surface area (Å²) in [6.45, 7) is 8.12. The minimum Gasteiger partial charge on any atom is -0.324 e. The van der Waals surface area contributed by atoms with E-state index < -0.39 is 0 Å². The molecule has 1 aromatic rings. The highest BCUT2D eigenvalue weighted by Crippen LogP contribution is 2.32. The highest BCUT2D eigenvalue weighted by atomic mass is 16.2. The van der Waals surface area contributed by atoms with Crippen molar-refractivity contribution >= 4 is 11.6 Å². The summed E-state index contributed by atoms with van der Waals surface area (Å²) < 4.78 is 0. The lowest BCUT2D eigenvalue weighted by atomic mass is 9.89. The zero-order valence-electron chi connectivity index (χ0n) is 16.2. The molecule has 0 saturated heterocycles. The molecule has 0 aliphatic heterocycles. The highest BCUT2D eigenvalue weighted by molar-refractivity contribution is 5.94. The van der Waals surface area contributed by atoms with Gasteiger partial charge >= 0.3 is 0 Å². The van der Waals surface area contributed by atoms with Crippen LogP contribution in [-0.2, 0) is 4.79 Å². The van der Waals surface area contributed by atoms with Crippen molar-refractivity contribution in [1.82, 2.24) is 4.90 Å². The number of carbonyl (C=O) groups is 1. The summed E-state index contributed by atoms with van der Waals surface area (Å²) in [6.07, 6.45) is 9.36. The van der Waals surface area contributed by atoms with Gasteiger partial charge < -0.3 is 5.32 Å². The van der Waals surface area contributed by atoms with Crippen LogP contribution in [0.4, 0.5) is 5.69 Å². The second-order valence-corrected chi connectivity index (χ2v) is 8.41. The second kappa shape index (κ2) is 8.35. The molecule has 2 aliphatic rings. The number of amides is 1. The van der Waals surface area contributed by atoms with Crippen molar-refractivity contribution in [3.8, 4) is 0 Å². The van der Waals surface area contributed by atoms with Gasteiger partial charge in [-0.3, -0.25) is 9.69 Å². The number of nitrogens with one attached hydrogen (secondary N) is 1. The number of aryl methyl sites for hydroxylation is 1. The molecule has 138 valence electrons. The van der Waals surface area contributed by atoms with Crippen molar-refractivity contribution in [2.45, 2.75) is 77.7 Å². The lowest BCUT2D eigenvalue weighted by molar-refractivity contribution is -0.117. The fourth-order valence-electron chi connectivity index (χ4n) is 4.19. The lowest BCUT2D eigenvalue weighted by Gasteiger charge is -2.29. The first kappa shape index (κ1) is 18.4. The van der Waals surface area contributed by atoms with Gasteiger partial charge in [0.15, 0.2) is 0 Å². The number of benzene rings is 1. The molecule has 3 heteroatoms. The van der Waals surface area contributed by atoms with Gasteiger partial charge in [-0.25, -0.2) is 0 Å². The number of hydrogen-bond acceptors (Lipinski definition) is 2. The van der Waals surface area contributed by atoms with E-state index in [0.717, 1.165) is 23.7 Å². The Balaban J connectivity index is 1.62. The molecule has 0 heterocycles. The molecule has 0 atom stereocenters. The maximum atomic E-state index is 12.8. The van der Waals surface area contributed by atoms with Gasteiger partial charge in [0.1, 0.15) is 0 Å². The fourth-order valence-corrected chi connectivity index (χ4v) is 4.19. The van der Waals surface area contributed by atoms with Gasteiger partial charge in [-0.05, 0) is 55.6 Å². The van der Waals surface area contributed by atoms with E-state index >= 15 is 0 Å². The Morgan fingerprint density at radius 1 is 1.16 bits per heavy atom. The van der Waals surface area contributed by atoms with E-state index in [-0.39, 0.29) is 5.91 Å². The molecule has 0 aromatic heterocycles. The van der Waals surface area contributed by atoms with Gasteiger partial charge in [0, 0.05) is 18.3 Å². The van der Waals surface area contributed by atoms with Crippen LogP contribution in [0.25, 0.3) is 0 Å². The first-order valence-electron chi connectivity index (χ1n) is 10.2. The van der Waals surface area contributed by atoms with Gasteiger partial charge in [0.2, 0.25) is 5.91 Å². The fraction of sp³-hybridized carbons (Fsp3) is 0.682. The molecule has 2 aliphatic carbocycles. The third-order valence-corrected chi connectivity index (χ3v) is 5.82. The monoisotopic (exact) mass is 342 g/mol. The number of hydrogen-bond donors (Lipinski definition) is 1. The van der Waals surface area contributed by atoms with Crippen molar-refractivity contribution < 1.29 is 4.79 Å². The number of nitrogens with zero attached hydrogens (tertiary/aromatic N) is 1. The zero-order chi connectivity index (χ0) is 17.8. The average Bonchev–Trinajstić information content (AvgIpc) is 3.42. The van der Waals surface area contributed by atoms with Crippen molar-refractivity contribution in [2.24, 2.45) is 5.92 Å². The summed E-state index contributed by atoms with van der Waals surface area (Å²) in [5.41, 5.74) is 3.42. The van der Waals surface area contributed by atoms with Crippen molar-refractivity contribution in [3.05, 3.63) is 29.3 Å². The topological polar surface area (TPSA) is 32.3 Å². The van der Waals surface area contributed by atoms with Gasteiger partial charge in [-0.1, -0.05) is 51.3 Å². The van der Waals surface area contributed by atoms with E-state index in [4.69, 9.17) is 0 Å². The van der Waals surface area contributed by atoms with Crippen molar-refractivity contribution in [3.63, 3.8) is 0 Å². The number of rotatable bonds is 7. The second-order valence-electron chi connectivity index (χ2n) is 8.41. The van der Waals surface area contributed by atoms with Crippen LogP contribution in [0, 0.1) is 12.8 Å². The molecular formula is C22H34N2O. The Labute approximate surface area is 153 Å². The Morgan fingerprint density at radius 3 is 2.52 bits per heavy atom. The van der Waals surface area contributed by atoms with Gasteiger partial charge in [-0.2, -0.15) is 0 Å². The lowest BCUT2D eigenvalue weighted by Crippen LogP contribution is -2.38. The summed E-state index contributed by atoms with van der Waals surface area (Å²) in [4.78, 5) is 15.2. The molecule has 3 rings (SSSR count). The third kappa shape index (κ3) is 5.07. The Bertz CT molecular complexity index is 586. The summed E-state index contributed by atoms with van der Waals surface area (Å²) in [5.74, 6) is 1.36. The first-order chi connectivity index (χ1) is 12.0. The summed E-state index contributed by atoms with van der Waals surface area (Å²) in [7, 11) is 0. The van der Waals surface area contributed by atoms with E-state index in [1.807, 2.05) is 0 Å². The van der Waals surface area contributed by atoms with Gasteiger partial charge in [-0.15, -0.1) is 0 Å². The molecule has 2 fully saturated rings. The maximum absolute atomic E-state index is 12.8. The van der Waals surface area contributed by atoms with Crippen LogP contribution in [0.2, 0.25) is 0 Å². The van der Waals surface area contributed by atoms with Crippen LogP contribution < -0.4 is 5.32 Å². The quantitative estimate of drug-likeness (QED) is 0.747. The van der Waals surface area contributed by atoms with Gasteiger partial charge in [0.25, 0.3) is 0 Å². The molecule has 1 amide bonds. The minimum atomic E-state index is 0.152. The van der Waals surface area contributed by atoms with E-state index in [9.17, 15) is 4.79 Å². The van der Waals surface area contributed by atoms with E-state index in [0.29, 0.717) is 18.5 Å². The van der Waals surface area contributed by atoms with E-state index in [1.54, 1.807) is 0 Å². The predicted octanol–water partition coefficient (Wildman–Crippen LogP) is 5.10. The summed E-state index contributed by atoms with van der Waals surface area (Å²) in [6, 6.07) is 6.95. The van der Waals surface area contributed by atoms with Crippen LogP contribution in [0.1, 0.15) is 75.8 Å². The molecule has 1 N–H and O–H groups in total. The minimum absolute atomic E-state index is 0.152. The number of para-hydroxylation sites is 1. The number of carbonyl (C=O) groups excluding carboxylic acids is 1. The molecule has 0 spiro atoms. The van der Waals surface area contributed by atoms with Crippen LogP contribution in [0.15, 0.2) is 18.2 Å². The van der Waals surface area contributed by atoms with Gasteiger partial charge in [0.05, 0.1) is 6.54 Å². The predicted molar refractivity (Wildman–Crippen MR) is 105 cm³/mol. The standard InChI is InChI=1S/C22H34N2O/c1-16(2)20-11-7-8-17(3)22(20)23-21(25)15-24(19-12-13-19)14-18-9-5-4-6-10-18/h7-8,11,16,18-19H,4-6,9-10,12-15H2,1-3H3,(H,23,25). The Hall–Kier alpha value is -1.35. The molecule has 0 unspecified atom stereocenters. The normalized spacial score (nSPS) is 18.8. The Morgan fingerprint density at radius 2 is 1.88 bits per heavy atom. The van der Waals surface area contributed by atoms with Crippen LogP contribution >= 0.6 is 0 Å². The molecular weight excluding hydrogens is 308 g/mol. The summed E-state index contributed by atoms with van der Waals surface area (Å²) in [5, 5.41) is 3.23. The molecule has 3 nitrogen and oxygen atoms in total. The Kier molecular flexibility index (Phi) is 6.16. The molecule has 0 radical (unpaired) electrons. The third-order valence-electron chi connectivity index (χ3n) is 5.82. The number of anilines is 1. The average molecular weight is 343 g/mol.